The molecule has 0 fully saturated rings. The van der Waals surface area contributed by atoms with Gasteiger partial charge in [-0.25, -0.2) is 4.39 Å². The third kappa shape index (κ3) is 3.63. The zero-order chi connectivity index (χ0) is 14.7. The zero-order valence-electron chi connectivity index (χ0n) is 10.2. The van der Waals surface area contributed by atoms with E-state index in [0.717, 1.165) is 6.07 Å². The molecule has 1 rings (SSSR count). The standard InChI is InChI=1S/C11H12BrFN2O4/c1-5(11(16)17)6(2)14-9-3-7(12)8(13)4-10(9)15(18)19/h3-6,14H,1-2H3,(H,16,17). The average molecular weight is 335 g/mol. The van der Waals surface area contributed by atoms with Crippen molar-refractivity contribution in [1.29, 1.82) is 0 Å². The number of hydrogen-bond acceptors (Lipinski definition) is 4. The van der Waals surface area contributed by atoms with Crippen molar-refractivity contribution in [2.75, 3.05) is 5.32 Å². The lowest BCUT2D eigenvalue weighted by Crippen LogP contribution is -2.30. The fraction of sp³-hybridized carbons (Fsp3) is 0.364. The maximum Gasteiger partial charge on any atom is 0.308 e. The molecule has 0 amide bonds. The second kappa shape index (κ2) is 5.96. The Balaban J connectivity index is 3.09. The molecule has 0 aromatic heterocycles. The monoisotopic (exact) mass is 334 g/mol. The molecule has 6 nitrogen and oxygen atoms in total. The minimum Gasteiger partial charge on any atom is -0.481 e. The first kappa shape index (κ1) is 15.4. The number of nitrogens with one attached hydrogen (secondary N) is 1. The fourth-order valence-electron chi connectivity index (χ4n) is 1.39. The van der Waals surface area contributed by atoms with Gasteiger partial charge in [-0.05, 0) is 35.8 Å². The van der Waals surface area contributed by atoms with Crippen LogP contribution in [0.4, 0.5) is 15.8 Å². The molecule has 2 atom stereocenters. The Labute approximate surface area is 116 Å². The number of nitro benzene ring substituents is 1. The Morgan fingerprint density at radius 2 is 2.11 bits per heavy atom. The van der Waals surface area contributed by atoms with E-state index < -0.39 is 34.4 Å². The van der Waals surface area contributed by atoms with Gasteiger partial charge in [0.2, 0.25) is 0 Å². The van der Waals surface area contributed by atoms with Gasteiger partial charge in [0.05, 0.1) is 21.4 Å². The molecular formula is C11H12BrFN2O4. The van der Waals surface area contributed by atoms with Gasteiger partial charge in [0.25, 0.3) is 5.69 Å². The van der Waals surface area contributed by atoms with Crippen molar-refractivity contribution in [3.05, 3.63) is 32.5 Å². The van der Waals surface area contributed by atoms with Crippen LogP contribution in [0, 0.1) is 21.8 Å². The number of nitro groups is 1. The first-order valence-electron chi connectivity index (χ1n) is 5.36. The van der Waals surface area contributed by atoms with Crippen molar-refractivity contribution in [3.63, 3.8) is 0 Å². The van der Waals surface area contributed by atoms with Gasteiger partial charge in [0.15, 0.2) is 0 Å². The number of carboxylic acid groups (broad SMARTS) is 1. The molecule has 2 N–H and O–H groups in total. The molecule has 0 saturated carbocycles. The number of nitrogens with zero attached hydrogens (tertiary/aromatic N) is 1. The summed E-state index contributed by atoms with van der Waals surface area (Å²) in [6.07, 6.45) is 0. The fourth-order valence-corrected chi connectivity index (χ4v) is 1.73. The normalized spacial score (nSPS) is 13.7. The van der Waals surface area contributed by atoms with Gasteiger partial charge >= 0.3 is 5.97 Å². The van der Waals surface area contributed by atoms with Gasteiger partial charge in [-0.3, -0.25) is 14.9 Å². The predicted molar refractivity (Wildman–Crippen MR) is 70.6 cm³/mol. The lowest BCUT2D eigenvalue weighted by atomic mass is 10.0. The Hall–Kier alpha value is -1.70. The summed E-state index contributed by atoms with van der Waals surface area (Å²) in [5.41, 5.74) is -0.371. The highest BCUT2D eigenvalue weighted by Gasteiger charge is 2.24. The largest absolute Gasteiger partial charge is 0.481 e. The first-order chi connectivity index (χ1) is 8.73. The number of rotatable bonds is 5. The SMILES string of the molecule is CC(Nc1cc(Br)c(F)cc1[N+](=O)[O-])C(C)C(=O)O. The second-order valence-electron chi connectivity index (χ2n) is 4.10. The summed E-state index contributed by atoms with van der Waals surface area (Å²) < 4.78 is 13.3. The molecule has 8 heteroatoms. The molecular weight excluding hydrogens is 323 g/mol. The van der Waals surface area contributed by atoms with Crippen LogP contribution in [0.25, 0.3) is 0 Å². The van der Waals surface area contributed by atoms with Crippen LogP contribution in [0.5, 0.6) is 0 Å². The molecule has 1 aromatic rings. The van der Waals surface area contributed by atoms with E-state index in [1.165, 1.54) is 13.0 Å². The molecule has 0 aliphatic rings. The molecule has 19 heavy (non-hydrogen) atoms. The predicted octanol–water partition coefficient (Wildman–Crippen LogP) is 3.02. The Morgan fingerprint density at radius 1 is 1.53 bits per heavy atom. The first-order valence-corrected chi connectivity index (χ1v) is 6.16. The number of anilines is 1. The summed E-state index contributed by atoms with van der Waals surface area (Å²) in [5, 5.41) is 22.4. The summed E-state index contributed by atoms with van der Waals surface area (Å²) >= 11 is 2.93. The van der Waals surface area contributed by atoms with Gasteiger partial charge in [0, 0.05) is 6.04 Å². The van der Waals surface area contributed by atoms with E-state index in [2.05, 4.69) is 21.2 Å². The maximum atomic E-state index is 13.3. The minimum absolute atomic E-state index is 0.0655. The third-order valence-corrected chi connectivity index (χ3v) is 3.37. The van der Waals surface area contributed by atoms with E-state index in [0.29, 0.717) is 0 Å². The van der Waals surface area contributed by atoms with Gasteiger partial charge < -0.3 is 10.4 Å². The van der Waals surface area contributed by atoms with E-state index in [9.17, 15) is 19.3 Å². The van der Waals surface area contributed by atoms with Crippen LogP contribution in [0.2, 0.25) is 0 Å². The van der Waals surface area contributed by atoms with Crippen LogP contribution < -0.4 is 5.32 Å². The molecule has 0 saturated heterocycles. The number of halogens is 2. The van der Waals surface area contributed by atoms with Crippen LogP contribution in [0.3, 0.4) is 0 Å². The van der Waals surface area contributed by atoms with E-state index in [1.54, 1.807) is 6.92 Å². The Bertz CT molecular complexity index is 524. The van der Waals surface area contributed by atoms with Crippen molar-refractivity contribution in [3.8, 4) is 0 Å². The van der Waals surface area contributed by atoms with Crippen LogP contribution >= 0.6 is 15.9 Å². The molecule has 1 aromatic carbocycles. The lowest BCUT2D eigenvalue weighted by Gasteiger charge is -2.19. The summed E-state index contributed by atoms with van der Waals surface area (Å²) in [6, 6.07) is 1.46. The summed E-state index contributed by atoms with van der Waals surface area (Å²) in [4.78, 5) is 20.9. The molecule has 104 valence electrons. The van der Waals surface area contributed by atoms with Crippen LogP contribution in [-0.4, -0.2) is 22.0 Å². The van der Waals surface area contributed by atoms with Gasteiger partial charge in [0.1, 0.15) is 11.5 Å². The molecule has 0 aliphatic carbocycles. The highest BCUT2D eigenvalue weighted by atomic mass is 79.9. The maximum absolute atomic E-state index is 13.3. The van der Waals surface area contributed by atoms with E-state index in [-0.39, 0.29) is 10.2 Å². The highest BCUT2D eigenvalue weighted by Crippen LogP contribution is 2.31. The molecule has 0 aliphatic heterocycles. The Kier molecular flexibility index (Phi) is 4.82. The number of aliphatic carboxylic acids is 1. The molecule has 0 bridgehead atoms. The quantitative estimate of drug-likeness (QED) is 0.637. The molecule has 2 unspecified atom stereocenters. The number of benzene rings is 1. The third-order valence-electron chi connectivity index (χ3n) is 2.76. The lowest BCUT2D eigenvalue weighted by molar-refractivity contribution is -0.384. The summed E-state index contributed by atoms with van der Waals surface area (Å²) in [6.45, 7) is 3.06. The molecule has 0 spiro atoms. The number of carbonyl (C=O) groups is 1. The smallest absolute Gasteiger partial charge is 0.308 e. The summed E-state index contributed by atoms with van der Waals surface area (Å²) in [5.74, 6) is -2.52. The van der Waals surface area contributed by atoms with Crippen molar-refractivity contribution >= 4 is 33.3 Å². The van der Waals surface area contributed by atoms with Crippen molar-refractivity contribution in [2.45, 2.75) is 19.9 Å². The van der Waals surface area contributed by atoms with Crippen LogP contribution in [0.1, 0.15) is 13.8 Å². The topological polar surface area (TPSA) is 92.5 Å². The van der Waals surface area contributed by atoms with Gasteiger partial charge in [-0.15, -0.1) is 0 Å². The van der Waals surface area contributed by atoms with Crippen molar-refractivity contribution in [1.82, 2.24) is 0 Å². The Morgan fingerprint density at radius 3 is 2.58 bits per heavy atom. The van der Waals surface area contributed by atoms with Crippen LogP contribution in [-0.2, 0) is 4.79 Å². The number of carboxylic acids is 1. The second-order valence-corrected chi connectivity index (χ2v) is 4.95. The highest BCUT2D eigenvalue weighted by molar-refractivity contribution is 9.10. The van der Waals surface area contributed by atoms with E-state index >= 15 is 0 Å². The van der Waals surface area contributed by atoms with E-state index in [4.69, 9.17) is 5.11 Å². The van der Waals surface area contributed by atoms with Gasteiger partial charge in [-0.2, -0.15) is 0 Å². The van der Waals surface area contributed by atoms with Crippen molar-refractivity contribution < 1.29 is 19.2 Å². The molecule has 0 heterocycles. The van der Waals surface area contributed by atoms with Gasteiger partial charge in [-0.1, -0.05) is 0 Å². The average Bonchev–Trinajstić information content (AvgIpc) is 2.31. The zero-order valence-corrected chi connectivity index (χ0v) is 11.8. The minimum atomic E-state index is -1.02. The van der Waals surface area contributed by atoms with E-state index in [1.807, 2.05) is 0 Å². The number of hydrogen-bond donors (Lipinski definition) is 2. The summed E-state index contributed by atoms with van der Waals surface area (Å²) in [7, 11) is 0. The van der Waals surface area contributed by atoms with Crippen LogP contribution in [0.15, 0.2) is 16.6 Å². The van der Waals surface area contributed by atoms with Crippen molar-refractivity contribution in [2.24, 2.45) is 5.92 Å². The molecule has 0 radical (unpaired) electrons.